The molecule has 0 radical (unpaired) electrons. The van der Waals surface area contributed by atoms with Crippen molar-refractivity contribution in [1.82, 2.24) is 9.80 Å². The molecule has 2 aliphatic heterocycles. The molecule has 2 heterocycles. The van der Waals surface area contributed by atoms with Gasteiger partial charge in [-0.05, 0) is 39.2 Å². The summed E-state index contributed by atoms with van der Waals surface area (Å²) in [7, 11) is 0. The largest absolute Gasteiger partial charge is 0.466 e. The van der Waals surface area contributed by atoms with Crippen LogP contribution in [0.15, 0.2) is 0 Å². The molecular formula is C14H24N2O3. The molecule has 1 atom stereocenters. The van der Waals surface area contributed by atoms with Crippen LogP contribution in [0.5, 0.6) is 0 Å². The van der Waals surface area contributed by atoms with E-state index in [4.69, 9.17) is 4.74 Å². The summed E-state index contributed by atoms with van der Waals surface area (Å²) in [5.74, 6) is 0.0444. The molecule has 0 aromatic heterocycles. The van der Waals surface area contributed by atoms with Gasteiger partial charge in [0.2, 0.25) is 5.91 Å². The van der Waals surface area contributed by atoms with E-state index >= 15 is 0 Å². The Balaban J connectivity index is 1.80. The van der Waals surface area contributed by atoms with Crippen LogP contribution in [0, 0.1) is 5.92 Å². The van der Waals surface area contributed by atoms with Crippen molar-refractivity contribution in [2.45, 2.75) is 32.6 Å². The Morgan fingerprint density at radius 1 is 1.16 bits per heavy atom. The Morgan fingerprint density at radius 2 is 1.89 bits per heavy atom. The van der Waals surface area contributed by atoms with Gasteiger partial charge in [0.1, 0.15) is 0 Å². The van der Waals surface area contributed by atoms with Crippen LogP contribution in [-0.4, -0.2) is 61.0 Å². The predicted molar refractivity (Wildman–Crippen MR) is 71.6 cm³/mol. The third-order valence-electron chi connectivity index (χ3n) is 3.94. The average Bonchev–Trinajstić information content (AvgIpc) is 2.93. The summed E-state index contributed by atoms with van der Waals surface area (Å²) in [6.07, 6.45) is 4.10. The fourth-order valence-corrected chi connectivity index (χ4v) is 2.91. The molecule has 0 unspecified atom stereocenters. The molecule has 2 saturated heterocycles. The molecule has 2 fully saturated rings. The summed E-state index contributed by atoms with van der Waals surface area (Å²) in [4.78, 5) is 27.9. The van der Waals surface area contributed by atoms with Crippen molar-refractivity contribution in [3.63, 3.8) is 0 Å². The third kappa shape index (κ3) is 3.93. The SMILES string of the molecule is CCOC(=O)[C@H]1CCCN(CC(=O)N2CCCC2)C1. The quantitative estimate of drug-likeness (QED) is 0.710. The van der Waals surface area contributed by atoms with E-state index in [2.05, 4.69) is 4.90 Å². The maximum Gasteiger partial charge on any atom is 0.310 e. The minimum atomic E-state index is -0.110. The standard InChI is InChI=1S/C14H24N2O3/c1-2-19-14(18)12-6-5-7-15(10-12)11-13(17)16-8-3-4-9-16/h12H,2-11H2,1H3/t12-/m0/s1. The monoisotopic (exact) mass is 268 g/mol. The number of carbonyl (C=O) groups excluding carboxylic acids is 2. The number of ether oxygens (including phenoxy) is 1. The molecule has 5 heteroatoms. The van der Waals surface area contributed by atoms with Crippen molar-refractivity contribution in [3.8, 4) is 0 Å². The number of amides is 1. The van der Waals surface area contributed by atoms with E-state index in [9.17, 15) is 9.59 Å². The molecular weight excluding hydrogens is 244 g/mol. The smallest absolute Gasteiger partial charge is 0.310 e. The first-order valence-corrected chi connectivity index (χ1v) is 7.37. The summed E-state index contributed by atoms with van der Waals surface area (Å²) >= 11 is 0. The van der Waals surface area contributed by atoms with Crippen LogP contribution in [0.25, 0.3) is 0 Å². The molecule has 0 aromatic rings. The van der Waals surface area contributed by atoms with Gasteiger partial charge in [0, 0.05) is 19.6 Å². The lowest BCUT2D eigenvalue weighted by Gasteiger charge is -2.32. The molecule has 0 N–H and O–H groups in total. The molecule has 1 amide bonds. The molecule has 0 spiro atoms. The van der Waals surface area contributed by atoms with Crippen LogP contribution in [0.4, 0.5) is 0 Å². The summed E-state index contributed by atoms with van der Waals surface area (Å²) in [6.45, 7) is 6.09. The average molecular weight is 268 g/mol. The molecule has 0 saturated carbocycles. The number of hydrogen-bond acceptors (Lipinski definition) is 4. The van der Waals surface area contributed by atoms with E-state index in [-0.39, 0.29) is 17.8 Å². The number of piperidine rings is 1. The molecule has 5 nitrogen and oxygen atoms in total. The van der Waals surface area contributed by atoms with Crippen LogP contribution < -0.4 is 0 Å². The first-order valence-electron chi connectivity index (χ1n) is 7.37. The Hall–Kier alpha value is -1.10. The van der Waals surface area contributed by atoms with Crippen LogP contribution in [0.3, 0.4) is 0 Å². The first kappa shape index (κ1) is 14.3. The van der Waals surface area contributed by atoms with E-state index in [1.165, 1.54) is 0 Å². The van der Waals surface area contributed by atoms with Crippen molar-refractivity contribution in [1.29, 1.82) is 0 Å². The van der Waals surface area contributed by atoms with Gasteiger partial charge < -0.3 is 9.64 Å². The maximum absolute atomic E-state index is 12.1. The zero-order valence-electron chi connectivity index (χ0n) is 11.8. The second-order valence-electron chi connectivity index (χ2n) is 5.41. The van der Waals surface area contributed by atoms with Gasteiger partial charge in [0.05, 0.1) is 19.1 Å². The van der Waals surface area contributed by atoms with Gasteiger partial charge in [-0.3, -0.25) is 14.5 Å². The van der Waals surface area contributed by atoms with Crippen molar-refractivity contribution < 1.29 is 14.3 Å². The van der Waals surface area contributed by atoms with Gasteiger partial charge in [-0.25, -0.2) is 0 Å². The van der Waals surface area contributed by atoms with E-state index in [0.29, 0.717) is 19.7 Å². The molecule has 0 aromatic carbocycles. The third-order valence-corrected chi connectivity index (χ3v) is 3.94. The number of esters is 1. The van der Waals surface area contributed by atoms with Gasteiger partial charge >= 0.3 is 5.97 Å². The van der Waals surface area contributed by atoms with Gasteiger partial charge in [-0.15, -0.1) is 0 Å². The zero-order chi connectivity index (χ0) is 13.7. The van der Waals surface area contributed by atoms with Gasteiger partial charge in [0.15, 0.2) is 0 Å². The highest BCUT2D eigenvalue weighted by molar-refractivity contribution is 5.78. The second kappa shape index (κ2) is 6.89. The number of nitrogens with zero attached hydrogens (tertiary/aromatic N) is 2. The number of hydrogen-bond donors (Lipinski definition) is 0. The lowest BCUT2D eigenvalue weighted by atomic mass is 9.98. The van der Waals surface area contributed by atoms with Crippen LogP contribution in [-0.2, 0) is 14.3 Å². The zero-order valence-corrected chi connectivity index (χ0v) is 11.8. The van der Waals surface area contributed by atoms with E-state index in [0.717, 1.165) is 45.3 Å². The fraction of sp³-hybridized carbons (Fsp3) is 0.857. The number of carbonyl (C=O) groups is 2. The number of rotatable bonds is 4. The molecule has 0 bridgehead atoms. The van der Waals surface area contributed by atoms with Crippen molar-refractivity contribution >= 4 is 11.9 Å². The molecule has 108 valence electrons. The Bertz CT molecular complexity index is 327. The van der Waals surface area contributed by atoms with Crippen LogP contribution >= 0.6 is 0 Å². The highest BCUT2D eigenvalue weighted by Crippen LogP contribution is 2.18. The minimum absolute atomic E-state index is 0.0555. The highest BCUT2D eigenvalue weighted by Gasteiger charge is 2.29. The summed E-state index contributed by atoms with van der Waals surface area (Å²) in [5, 5.41) is 0. The lowest BCUT2D eigenvalue weighted by molar-refractivity contribution is -0.150. The van der Waals surface area contributed by atoms with E-state index < -0.39 is 0 Å². The topological polar surface area (TPSA) is 49.9 Å². The Morgan fingerprint density at radius 3 is 2.58 bits per heavy atom. The van der Waals surface area contributed by atoms with E-state index in [1.807, 2.05) is 11.8 Å². The Kier molecular flexibility index (Phi) is 5.19. The van der Waals surface area contributed by atoms with Gasteiger partial charge in [-0.1, -0.05) is 0 Å². The normalized spacial score (nSPS) is 24.5. The first-order chi connectivity index (χ1) is 9.20. The summed E-state index contributed by atoms with van der Waals surface area (Å²) < 4.78 is 5.07. The highest BCUT2D eigenvalue weighted by atomic mass is 16.5. The summed E-state index contributed by atoms with van der Waals surface area (Å²) in [6, 6.07) is 0. The number of likely N-dealkylation sites (tertiary alicyclic amines) is 2. The second-order valence-corrected chi connectivity index (χ2v) is 5.41. The molecule has 2 aliphatic rings. The van der Waals surface area contributed by atoms with Crippen molar-refractivity contribution in [2.24, 2.45) is 5.92 Å². The predicted octanol–water partition coefficient (Wildman–Crippen LogP) is 0.884. The van der Waals surface area contributed by atoms with Crippen LogP contribution in [0.1, 0.15) is 32.6 Å². The molecule has 0 aliphatic carbocycles. The molecule has 2 rings (SSSR count). The van der Waals surface area contributed by atoms with E-state index in [1.54, 1.807) is 0 Å². The van der Waals surface area contributed by atoms with Crippen molar-refractivity contribution in [2.75, 3.05) is 39.3 Å². The van der Waals surface area contributed by atoms with Gasteiger partial charge in [0.25, 0.3) is 0 Å². The maximum atomic E-state index is 12.1. The fourth-order valence-electron chi connectivity index (χ4n) is 2.91. The lowest BCUT2D eigenvalue weighted by Crippen LogP contribution is -2.45. The molecule has 19 heavy (non-hydrogen) atoms. The van der Waals surface area contributed by atoms with Gasteiger partial charge in [-0.2, -0.15) is 0 Å². The summed E-state index contributed by atoms with van der Waals surface area (Å²) in [5.41, 5.74) is 0. The van der Waals surface area contributed by atoms with Crippen LogP contribution in [0.2, 0.25) is 0 Å². The minimum Gasteiger partial charge on any atom is -0.466 e. The van der Waals surface area contributed by atoms with Crippen molar-refractivity contribution in [3.05, 3.63) is 0 Å². The Labute approximate surface area is 114 Å².